The number of hydrogen-bond donors (Lipinski definition) is 1. The fraction of sp³-hybridized carbons (Fsp3) is 0.538. The van der Waals surface area contributed by atoms with Crippen molar-refractivity contribution < 1.29 is 0 Å². The van der Waals surface area contributed by atoms with Gasteiger partial charge in [0.25, 0.3) is 0 Å². The van der Waals surface area contributed by atoms with Crippen LogP contribution in [0.2, 0.25) is 0 Å². The molecule has 0 radical (unpaired) electrons. The van der Waals surface area contributed by atoms with Crippen LogP contribution in [-0.2, 0) is 6.42 Å². The first-order valence-corrected chi connectivity index (χ1v) is 5.98. The van der Waals surface area contributed by atoms with Crippen molar-refractivity contribution in [2.24, 2.45) is 5.73 Å². The van der Waals surface area contributed by atoms with Gasteiger partial charge < -0.3 is 10.6 Å². The summed E-state index contributed by atoms with van der Waals surface area (Å²) in [7, 11) is 0. The Morgan fingerprint density at radius 2 is 2.00 bits per heavy atom. The minimum absolute atomic E-state index is 0.241. The molecule has 1 aromatic rings. The van der Waals surface area contributed by atoms with Crippen molar-refractivity contribution in [2.75, 3.05) is 4.90 Å². The third-order valence-electron chi connectivity index (χ3n) is 3.80. The highest BCUT2D eigenvalue weighted by atomic mass is 15.3. The highest BCUT2D eigenvalue weighted by molar-refractivity contribution is 5.57. The van der Waals surface area contributed by atoms with Crippen LogP contribution in [0, 0.1) is 0 Å². The van der Waals surface area contributed by atoms with Gasteiger partial charge >= 0.3 is 0 Å². The average molecular weight is 202 g/mol. The molecule has 2 N–H and O–H groups in total. The average Bonchev–Trinajstić information content (AvgIpc) is 2.29. The van der Waals surface area contributed by atoms with E-state index >= 15 is 0 Å². The SMILES string of the molecule is NC1CCCC2CCc3ccccc3N12. The monoisotopic (exact) mass is 202 g/mol. The molecule has 2 aliphatic rings. The van der Waals surface area contributed by atoms with Gasteiger partial charge in [0, 0.05) is 11.7 Å². The van der Waals surface area contributed by atoms with Gasteiger partial charge in [0.2, 0.25) is 0 Å². The molecule has 0 spiro atoms. The van der Waals surface area contributed by atoms with Crippen molar-refractivity contribution in [3.05, 3.63) is 29.8 Å². The van der Waals surface area contributed by atoms with Gasteiger partial charge in [-0.05, 0) is 43.7 Å². The lowest BCUT2D eigenvalue weighted by molar-refractivity contribution is 0.361. The molecule has 2 heterocycles. The highest BCUT2D eigenvalue weighted by Gasteiger charge is 2.32. The molecule has 0 amide bonds. The molecule has 0 aromatic heterocycles. The van der Waals surface area contributed by atoms with E-state index in [1.165, 1.54) is 36.9 Å². The van der Waals surface area contributed by atoms with Crippen LogP contribution in [0.4, 0.5) is 5.69 Å². The van der Waals surface area contributed by atoms with Crippen molar-refractivity contribution in [3.8, 4) is 0 Å². The minimum Gasteiger partial charge on any atom is -0.353 e. The Hall–Kier alpha value is -1.02. The topological polar surface area (TPSA) is 29.3 Å². The van der Waals surface area contributed by atoms with Crippen molar-refractivity contribution in [1.29, 1.82) is 0 Å². The lowest BCUT2D eigenvalue weighted by Crippen LogP contribution is -2.53. The molecule has 0 bridgehead atoms. The van der Waals surface area contributed by atoms with E-state index < -0.39 is 0 Å². The first-order chi connectivity index (χ1) is 7.36. The Morgan fingerprint density at radius 1 is 1.13 bits per heavy atom. The quantitative estimate of drug-likeness (QED) is 0.699. The maximum Gasteiger partial charge on any atom is 0.0774 e. The van der Waals surface area contributed by atoms with Gasteiger partial charge in [-0.15, -0.1) is 0 Å². The van der Waals surface area contributed by atoms with Crippen molar-refractivity contribution >= 4 is 5.69 Å². The normalized spacial score (nSPS) is 29.5. The smallest absolute Gasteiger partial charge is 0.0774 e. The fourth-order valence-corrected chi connectivity index (χ4v) is 3.07. The predicted octanol–water partition coefficient (Wildman–Crippen LogP) is 2.28. The number of nitrogens with zero attached hydrogens (tertiary/aromatic N) is 1. The van der Waals surface area contributed by atoms with Crippen LogP contribution in [0.15, 0.2) is 24.3 Å². The van der Waals surface area contributed by atoms with Gasteiger partial charge in [0.05, 0.1) is 6.17 Å². The summed E-state index contributed by atoms with van der Waals surface area (Å²) in [6, 6.07) is 9.43. The third kappa shape index (κ3) is 1.44. The van der Waals surface area contributed by atoms with E-state index in [0.717, 1.165) is 6.42 Å². The molecule has 1 fully saturated rings. The number of fused-ring (bicyclic) bond motifs is 3. The zero-order valence-corrected chi connectivity index (χ0v) is 9.02. The molecule has 0 saturated carbocycles. The molecule has 2 atom stereocenters. The summed E-state index contributed by atoms with van der Waals surface area (Å²) < 4.78 is 0. The van der Waals surface area contributed by atoms with Crippen LogP contribution in [0.25, 0.3) is 0 Å². The van der Waals surface area contributed by atoms with E-state index in [-0.39, 0.29) is 6.17 Å². The number of nitrogens with two attached hydrogens (primary N) is 1. The number of para-hydroxylation sites is 1. The fourth-order valence-electron chi connectivity index (χ4n) is 3.07. The van der Waals surface area contributed by atoms with Gasteiger partial charge in [-0.2, -0.15) is 0 Å². The zero-order valence-electron chi connectivity index (χ0n) is 9.02. The molecule has 2 aliphatic heterocycles. The molecule has 80 valence electrons. The molecule has 2 heteroatoms. The van der Waals surface area contributed by atoms with E-state index in [0.29, 0.717) is 6.04 Å². The Kier molecular flexibility index (Phi) is 2.17. The Labute approximate surface area is 91.1 Å². The largest absolute Gasteiger partial charge is 0.353 e. The van der Waals surface area contributed by atoms with E-state index in [1.54, 1.807) is 0 Å². The summed E-state index contributed by atoms with van der Waals surface area (Å²) in [5.41, 5.74) is 9.10. The Bertz CT molecular complexity index is 361. The summed E-state index contributed by atoms with van der Waals surface area (Å²) in [6.45, 7) is 0. The van der Waals surface area contributed by atoms with Crippen molar-refractivity contribution in [1.82, 2.24) is 0 Å². The molecule has 0 aliphatic carbocycles. The number of piperidine rings is 1. The van der Waals surface area contributed by atoms with Crippen LogP contribution < -0.4 is 10.6 Å². The maximum atomic E-state index is 6.23. The van der Waals surface area contributed by atoms with E-state index in [1.807, 2.05) is 0 Å². The van der Waals surface area contributed by atoms with E-state index in [9.17, 15) is 0 Å². The summed E-state index contributed by atoms with van der Waals surface area (Å²) >= 11 is 0. The second-order valence-electron chi connectivity index (χ2n) is 4.73. The van der Waals surface area contributed by atoms with E-state index in [2.05, 4.69) is 29.2 Å². The molecule has 15 heavy (non-hydrogen) atoms. The van der Waals surface area contributed by atoms with Gasteiger partial charge in [-0.3, -0.25) is 0 Å². The minimum atomic E-state index is 0.241. The number of benzene rings is 1. The van der Waals surface area contributed by atoms with Gasteiger partial charge in [-0.25, -0.2) is 0 Å². The molecular formula is C13H18N2. The lowest BCUT2D eigenvalue weighted by atomic mass is 9.88. The summed E-state index contributed by atoms with van der Waals surface area (Å²) in [6.07, 6.45) is 6.51. The standard InChI is InChI=1S/C13H18N2/c14-13-7-3-5-11-9-8-10-4-1-2-6-12(10)15(11)13/h1-2,4,6,11,13H,3,5,7-9,14H2. The summed E-state index contributed by atoms with van der Waals surface area (Å²) in [5, 5.41) is 0. The van der Waals surface area contributed by atoms with Gasteiger partial charge in [0.1, 0.15) is 0 Å². The second kappa shape index (κ2) is 3.53. The van der Waals surface area contributed by atoms with Crippen LogP contribution in [0.5, 0.6) is 0 Å². The van der Waals surface area contributed by atoms with Gasteiger partial charge in [-0.1, -0.05) is 18.2 Å². The first kappa shape index (κ1) is 9.22. The van der Waals surface area contributed by atoms with Crippen molar-refractivity contribution in [3.63, 3.8) is 0 Å². The first-order valence-electron chi connectivity index (χ1n) is 5.98. The Morgan fingerprint density at radius 3 is 2.93 bits per heavy atom. The molecule has 3 rings (SSSR count). The number of aryl methyl sites for hydroxylation is 1. The van der Waals surface area contributed by atoms with E-state index in [4.69, 9.17) is 5.73 Å². The second-order valence-corrected chi connectivity index (χ2v) is 4.73. The number of hydrogen-bond acceptors (Lipinski definition) is 2. The summed E-state index contributed by atoms with van der Waals surface area (Å²) in [5.74, 6) is 0. The maximum absolute atomic E-state index is 6.23. The molecule has 2 nitrogen and oxygen atoms in total. The van der Waals surface area contributed by atoms with Crippen LogP contribution in [-0.4, -0.2) is 12.2 Å². The van der Waals surface area contributed by atoms with Crippen LogP contribution in [0.1, 0.15) is 31.2 Å². The molecular weight excluding hydrogens is 184 g/mol. The van der Waals surface area contributed by atoms with Crippen molar-refractivity contribution in [2.45, 2.75) is 44.3 Å². The zero-order chi connectivity index (χ0) is 10.3. The highest BCUT2D eigenvalue weighted by Crippen LogP contribution is 2.36. The van der Waals surface area contributed by atoms with Gasteiger partial charge in [0.15, 0.2) is 0 Å². The molecule has 1 aromatic carbocycles. The van der Waals surface area contributed by atoms with Crippen LogP contribution in [0.3, 0.4) is 0 Å². The predicted molar refractivity (Wildman–Crippen MR) is 62.9 cm³/mol. The number of anilines is 1. The lowest BCUT2D eigenvalue weighted by Gasteiger charge is -2.46. The Balaban J connectivity index is 2.02. The summed E-state index contributed by atoms with van der Waals surface area (Å²) in [4.78, 5) is 2.46. The third-order valence-corrected chi connectivity index (χ3v) is 3.80. The van der Waals surface area contributed by atoms with Crippen LogP contribution >= 0.6 is 0 Å². The molecule has 2 unspecified atom stereocenters. The number of rotatable bonds is 0. The molecule has 1 saturated heterocycles.